The van der Waals surface area contributed by atoms with Crippen molar-refractivity contribution in [2.75, 3.05) is 18.6 Å². The average Bonchev–Trinajstić information content (AvgIpc) is 2.46. The molecule has 14 heavy (non-hydrogen) atoms. The summed E-state index contributed by atoms with van der Waals surface area (Å²) in [5.41, 5.74) is 1.18. The van der Waals surface area contributed by atoms with E-state index in [0.29, 0.717) is 0 Å². The van der Waals surface area contributed by atoms with E-state index in [0.717, 1.165) is 13.1 Å². The topological polar surface area (TPSA) is 24.9 Å². The molecule has 80 valence electrons. The van der Waals surface area contributed by atoms with Gasteiger partial charge in [-0.3, -0.25) is 0 Å². The standard InChI is InChI=1S/C10H18N2S2/c1-8-9(2)14-10(12-8)7-11-5-4-6-13-3/h11H,4-7H2,1-3H3. The van der Waals surface area contributed by atoms with E-state index in [9.17, 15) is 0 Å². The van der Waals surface area contributed by atoms with Gasteiger partial charge in [0, 0.05) is 11.4 Å². The van der Waals surface area contributed by atoms with Gasteiger partial charge in [-0.05, 0) is 38.8 Å². The van der Waals surface area contributed by atoms with Gasteiger partial charge in [-0.1, -0.05) is 0 Å². The Morgan fingerprint density at radius 3 is 2.79 bits per heavy atom. The lowest BCUT2D eigenvalue weighted by Gasteiger charge is -2.00. The largest absolute Gasteiger partial charge is 0.310 e. The summed E-state index contributed by atoms with van der Waals surface area (Å²) in [6.45, 7) is 6.22. The van der Waals surface area contributed by atoms with Gasteiger partial charge in [-0.15, -0.1) is 11.3 Å². The van der Waals surface area contributed by atoms with Gasteiger partial charge in [0.05, 0.1) is 5.69 Å². The van der Waals surface area contributed by atoms with Crippen molar-refractivity contribution in [1.29, 1.82) is 0 Å². The van der Waals surface area contributed by atoms with Crippen LogP contribution in [0.4, 0.5) is 0 Å². The Bertz CT molecular complexity index is 252. The summed E-state index contributed by atoms with van der Waals surface area (Å²) in [7, 11) is 0. The predicted octanol–water partition coefficient (Wildman–Crippen LogP) is 2.60. The molecule has 0 radical (unpaired) electrons. The minimum absolute atomic E-state index is 0.924. The summed E-state index contributed by atoms with van der Waals surface area (Å²) in [5, 5.41) is 4.62. The summed E-state index contributed by atoms with van der Waals surface area (Å²) in [6.07, 6.45) is 3.39. The number of nitrogens with one attached hydrogen (secondary N) is 1. The van der Waals surface area contributed by atoms with E-state index in [1.165, 1.54) is 27.8 Å². The quantitative estimate of drug-likeness (QED) is 0.760. The molecule has 1 heterocycles. The maximum absolute atomic E-state index is 4.48. The molecule has 0 bridgehead atoms. The first-order chi connectivity index (χ1) is 6.74. The van der Waals surface area contributed by atoms with E-state index >= 15 is 0 Å². The molecule has 0 aromatic carbocycles. The van der Waals surface area contributed by atoms with Crippen LogP contribution in [0.15, 0.2) is 0 Å². The van der Waals surface area contributed by atoms with Crippen LogP contribution in [0.1, 0.15) is 22.0 Å². The molecule has 0 unspecified atom stereocenters. The highest BCUT2D eigenvalue weighted by atomic mass is 32.2. The van der Waals surface area contributed by atoms with Gasteiger partial charge in [0.15, 0.2) is 0 Å². The second-order valence-corrected chi connectivity index (χ2v) is 5.55. The number of rotatable bonds is 6. The van der Waals surface area contributed by atoms with Crippen LogP contribution in [-0.2, 0) is 6.54 Å². The number of thioether (sulfide) groups is 1. The van der Waals surface area contributed by atoms with E-state index in [1.54, 1.807) is 11.3 Å². The summed E-state index contributed by atoms with van der Waals surface area (Å²) in [6, 6.07) is 0. The molecule has 1 aromatic rings. The van der Waals surface area contributed by atoms with Crippen LogP contribution >= 0.6 is 23.1 Å². The molecule has 0 fully saturated rings. The van der Waals surface area contributed by atoms with Crippen molar-refractivity contribution in [3.63, 3.8) is 0 Å². The third kappa shape index (κ3) is 3.98. The number of hydrogen-bond donors (Lipinski definition) is 1. The fourth-order valence-corrected chi connectivity index (χ4v) is 2.49. The van der Waals surface area contributed by atoms with Crippen LogP contribution in [-0.4, -0.2) is 23.5 Å². The molecule has 0 saturated carbocycles. The number of thiazole rings is 1. The van der Waals surface area contributed by atoms with Crippen LogP contribution in [0.5, 0.6) is 0 Å². The molecule has 0 amide bonds. The van der Waals surface area contributed by atoms with Gasteiger partial charge in [0.2, 0.25) is 0 Å². The number of nitrogens with zero attached hydrogens (tertiary/aromatic N) is 1. The van der Waals surface area contributed by atoms with Crippen molar-refractivity contribution < 1.29 is 0 Å². The maximum atomic E-state index is 4.48. The highest BCUT2D eigenvalue weighted by Crippen LogP contribution is 2.15. The summed E-state index contributed by atoms with van der Waals surface area (Å²) < 4.78 is 0. The lowest BCUT2D eigenvalue weighted by molar-refractivity contribution is 0.675. The average molecular weight is 230 g/mol. The lowest BCUT2D eigenvalue weighted by Crippen LogP contribution is -2.15. The highest BCUT2D eigenvalue weighted by Gasteiger charge is 2.01. The zero-order chi connectivity index (χ0) is 10.4. The fourth-order valence-electron chi connectivity index (χ4n) is 1.15. The first kappa shape index (κ1) is 12.0. The molecular weight excluding hydrogens is 212 g/mol. The van der Waals surface area contributed by atoms with E-state index in [2.05, 4.69) is 30.4 Å². The van der Waals surface area contributed by atoms with E-state index in [4.69, 9.17) is 0 Å². The second kappa shape index (κ2) is 6.43. The monoisotopic (exact) mass is 230 g/mol. The zero-order valence-corrected chi connectivity index (χ0v) is 10.7. The molecule has 4 heteroatoms. The summed E-state index contributed by atoms with van der Waals surface area (Å²) >= 11 is 3.70. The smallest absolute Gasteiger partial charge is 0.107 e. The second-order valence-electron chi connectivity index (χ2n) is 3.27. The first-order valence-electron chi connectivity index (χ1n) is 4.86. The Hall–Kier alpha value is -0.0600. The minimum Gasteiger partial charge on any atom is -0.310 e. The Balaban J connectivity index is 2.18. The molecular formula is C10H18N2S2. The molecule has 1 aromatic heterocycles. The molecule has 1 N–H and O–H groups in total. The number of aromatic nitrogens is 1. The van der Waals surface area contributed by atoms with Gasteiger partial charge < -0.3 is 5.32 Å². The third-order valence-corrected chi connectivity index (χ3v) is 3.82. The Labute approximate surface area is 94.5 Å². The molecule has 2 nitrogen and oxygen atoms in total. The van der Waals surface area contributed by atoms with Crippen molar-refractivity contribution >= 4 is 23.1 Å². The minimum atomic E-state index is 0.924. The van der Waals surface area contributed by atoms with Crippen molar-refractivity contribution in [3.05, 3.63) is 15.6 Å². The Morgan fingerprint density at radius 2 is 2.21 bits per heavy atom. The molecule has 0 atom stereocenters. The van der Waals surface area contributed by atoms with Gasteiger partial charge >= 0.3 is 0 Å². The molecule has 0 spiro atoms. The van der Waals surface area contributed by atoms with Crippen LogP contribution in [0.2, 0.25) is 0 Å². The normalized spacial score (nSPS) is 10.8. The van der Waals surface area contributed by atoms with Gasteiger partial charge in [0.1, 0.15) is 5.01 Å². The Morgan fingerprint density at radius 1 is 1.43 bits per heavy atom. The number of aryl methyl sites for hydroxylation is 2. The number of hydrogen-bond acceptors (Lipinski definition) is 4. The third-order valence-electron chi connectivity index (χ3n) is 2.05. The molecule has 0 aliphatic carbocycles. The zero-order valence-electron chi connectivity index (χ0n) is 9.09. The summed E-state index contributed by atoms with van der Waals surface area (Å²) in [4.78, 5) is 5.82. The predicted molar refractivity (Wildman–Crippen MR) is 66.3 cm³/mol. The molecule has 0 aliphatic heterocycles. The van der Waals surface area contributed by atoms with Crippen LogP contribution in [0.25, 0.3) is 0 Å². The first-order valence-corrected chi connectivity index (χ1v) is 7.07. The van der Waals surface area contributed by atoms with Gasteiger partial charge in [-0.2, -0.15) is 11.8 Å². The van der Waals surface area contributed by atoms with Crippen LogP contribution < -0.4 is 5.32 Å². The van der Waals surface area contributed by atoms with E-state index in [-0.39, 0.29) is 0 Å². The van der Waals surface area contributed by atoms with E-state index in [1.807, 2.05) is 11.8 Å². The van der Waals surface area contributed by atoms with Crippen molar-refractivity contribution in [2.24, 2.45) is 0 Å². The SMILES string of the molecule is CSCCCNCc1nc(C)c(C)s1. The molecule has 0 aliphatic rings. The summed E-state index contributed by atoms with van der Waals surface area (Å²) in [5.74, 6) is 1.24. The van der Waals surface area contributed by atoms with E-state index < -0.39 is 0 Å². The molecule has 0 saturated heterocycles. The molecule has 1 rings (SSSR count). The maximum Gasteiger partial charge on any atom is 0.107 e. The van der Waals surface area contributed by atoms with Crippen LogP contribution in [0, 0.1) is 13.8 Å². The fraction of sp³-hybridized carbons (Fsp3) is 0.700. The van der Waals surface area contributed by atoms with Crippen LogP contribution in [0.3, 0.4) is 0 Å². The highest BCUT2D eigenvalue weighted by molar-refractivity contribution is 7.98. The lowest BCUT2D eigenvalue weighted by atomic mass is 10.4. The van der Waals surface area contributed by atoms with Gasteiger partial charge in [-0.25, -0.2) is 4.98 Å². The van der Waals surface area contributed by atoms with Crippen molar-refractivity contribution in [3.8, 4) is 0 Å². The Kier molecular flexibility index (Phi) is 5.52. The van der Waals surface area contributed by atoms with Gasteiger partial charge in [0.25, 0.3) is 0 Å². The van der Waals surface area contributed by atoms with Crippen molar-refractivity contribution in [2.45, 2.75) is 26.8 Å². The van der Waals surface area contributed by atoms with Crippen molar-refractivity contribution in [1.82, 2.24) is 10.3 Å².